The summed E-state index contributed by atoms with van der Waals surface area (Å²) < 4.78 is 18.8. The molecule has 1 aromatic heterocycles. The first kappa shape index (κ1) is 13.7. The normalized spacial score (nSPS) is 26.1. The number of anilines is 1. The molecule has 0 amide bonds. The van der Waals surface area contributed by atoms with Crippen LogP contribution < -0.4 is 4.90 Å². The summed E-state index contributed by atoms with van der Waals surface area (Å²) in [6, 6.07) is 4.92. The molecule has 22 heavy (non-hydrogen) atoms. The molecular formula is C16H18FN3O2. The number of benzene rings is 1. The zero-order valence-corrected chi connectivity index (χ0v) is 12.2. The molecule has 0 spiro atoms. The van der Waals surface area contributed by atoms with Crippen LogP contribution in [0.4, 0.5) is 10.2 Å². The van der Waals surface area contributed by atoms with Gasteiger partial charge in [-0.2, -0.15) is 0 Å². The summed E-state index contributed by atoms with van der Waals surface area (Å²) in [7, 11) is 0. The Bertz CT molecular complexity index is 702. The lowest BCUT2D eigenvalue weighted by Gasteiger charge is -2.45. The number of fused-ring (bicyclic) bond motifs is 2. The van der Waals surface area contributed by atoms with Crippen molar-refractivity contribution in [2.75, 3.05) is 31.1 Å². The number of nitrogens with zero attached hydrogens (tertiary/aromatic N) is 3. The van der Waals surface area contributed by atoms with Gasteiger partial charge in [0.15, 0.2) is 11.4 Å². The van der Waals surface area contributed by atoms with Crippen molar-refractivity contribution in [2.24, 2.45) is 5.92 Å². The second-order valence-corrected chi connectivity index (χ2v) is 6.21. The van der Waals surface area contributed by atoms with Gasteiger partial charge in [0.2, 0.25) is 0 Å². The lowest BCUT2D eigenvalue weighted by Crippen LogP contribution is -2.56. The Morgan fingerprint density at radius 3 is 3.05 bits per heavy atom. The van der Waals surface area contributed by atoms with Crippen LogP contribution in [-0.4, -0.2) is 48.6 Å². The summed E-state index contributed by atoms with van der Waals surface area (Å²) in [6.07, 6.45) is 3.05. The average molecular weight is 303 g/mol. The van der Waals surface area contributed by atoms with Crippen molar-refractivity contribution in [3.05, 3.63) is 24.0 Å². The average Bonchev–Trinajstić information content (AvgIpc) is 2.96. The van der Waals surface area contributed by atoms with Gasteiger partial charge in [0, 0.05) is 38.1 Å². The van der Waals surface area contributed by atoms with Crippen LogP contribution >= 0.6 is 0 Å². The van der Waals surface area contributed by atoms with Gasteiger partial charge in [-0.1, -0.05) is 5.16 Å². The number of halogens is 1. The Morgan fingerprint density at radius 1 is 1.27 bits per heavy atom. The second-order valence-electron chi connectivity index (χ2n) is 6.21. The molecule has 4 rings (SSSR count). The highest BCUT2D eigenvalue weighted by molar-refractivity contribution is 5.88. The van der Waals surface area contributed by atoms with Crippen molar-refractivity contribution in [2.45, 2.75) is 18.9 Å². The fraction of sp³-hybridized carbons (Fsp3) is 0.500. The molecule has 2 aliphatic heterocycles. The molecule has 0 N–H and O–H groups in total. The Hall–Kier alpha value is -1.95. The van der Waals surface area contributed by atoms with E-state index in [-0.39, 0.29) is 11.7 Å². The third kappa shape index (κ3) is 2.27. The lowest BCUT2D eigenvalue weighted by molar-refractivity contribution is -0.113. The highest BCUT2D eigenvalue weighted by Gasteiger charge is 2.34. The fourth-order valence-electron chi connectivity index (χ4n) is 3.64. The lowest BCUT2D eigenvalue weighted by atomic mass is 9.92. The highest BCUT2D eigenvalue weighted by atomic mass is 19.1. The van der Waals surface area contributed by atoms with Gasteiger partial charge < -0.3 is 14.2 Å². The Morgan fingerprint density at radius 2 is 2.18 bits per heavy atom. The van der Waals surface area contributed by atoms with Crippen LogP contribution in [0.5, 0.6) is 0 Å². The van der Waals surface area contributed by atoms with Gasteiger partial charge in [-0.25, -0.2) is 4.39 Å². The van der Waals surface area contributed by atoms with E-state index in [1.807, 2.05) is 0 Å². The van der Waals surface area contributed by atoms with Gasteiger partial charge in [0.1, 0.15) is 12.1 Å². The molecule has 6 heteroatoms. The number of rotatable bonds is 2. The van der Waals surface area contributed by atoms with Gasteiger partial charge in [0.05, 0.1) is 5.39 Å². The van der Waals surface area contributed by atoms with E-state index in [0.717, 1.165) is 56.5 Å². The van der Waals surface area contributed by atoms with Crippen LogP contribution in [0.3, 0.4) is 0 Å². The van der Waals surface area contributed by atoms with E-state index in [2.05, 4.69) is 15.0 Å². The van der Waals surface area contributed by atoms with Crippen LogP contribution in [0.15, 0.2) is 22.7 Å². The molecule has 116 valence electrons. The van der Waals surface area contributed by atoms with Crippen molar-refractivity contribution in [3.8, 4) is 0 Å². The summed E-state index contributed by atoms with van der Waals surface area (Å²) in [6.45, 7) is 3.43. The first-order valence-corrected chi connectivity index (χ1v) is 7.74. The first-order valence-electron chi connectivity index (χ1n) is 7.74. The Balaban J connectivity index is 1.57. The zero-order valence-electron chi connectivity index (χ0n) is 12.2. The summed E-state index contributed by atoms with van der Waals surface area (Å²) in [4.78, 5) is 15.5. The second kappa shape index (κ2) is 5.35. The summed E-state index contributed by atoms with van der Waals surface area (Å²) in [5.74, 6) is 0.624. The van der Waals surface area contributed by atoms with Crippen LogP contribution in [0.2, 0.25) is 0 Å². The molecule has 2 fully saturated rings. The quantitative estimate of drug-likeness (QED) is 0.795. The zero-order chi connectivity index (χ0) is 15.1. The monoisotopic (exact) mass is 303 g/mol. The predicted octanol–water partition coefficient (Wildman–Crippen LogP) is 2.07. The van der Waals surface area contributed by atoms with E-state index in [0.29, 0.717) is 11.6 Å². The SMILES string of the molecule is O=C[C@@H]1CC[C@H]2CN(c3noc4ccc(F)cc34)CCN2C1. The van der Waals surface area contributed by atoms with Crippen molar-refractivity contribution in [1.82, 2.24) is 10.1 Å². The number of hydrogen-bond donors (Lipinski definition) is 0. The molecule has 2 aliphatic rings. The molecule has 2 atom stereocenters. The summed E-state index contributed by atoms with van der Waals surface area (Å²) in [5.41, 5.74) is 0.614. The first-order chi connectivity index (χ1) is 10.7. The minimum Gasteiger partial charge on any atom is -0.354 e. The van der Waals surface area contributed by atoms with E-state index in [1.54, 1.807) is 6.07 Å². The number of carbonyl (C=O) groups excluding carboxylic acids is 1. The third-order valence-corrected chi connectivity index (χ3v) is 4.85. The fourth-order valence-corrected chi connectivity index (χ4v) is 3.64. The van der Waals surface area contributed by atoms with Crippen molar-refractivity contribution in [3.63, 3.8) is 0 Å². The van der Waals surface area contributed by atoms with Gasteiger partial charge in [0.25, 0.3) is 0 Å². The molecule has 2 aromatic rings. The minimum absolute atomic E-state index is 0.171. The number of hydrogen-bond acceptors (Lipinski definition) is 5. The smallest absolute Gasteiger partial charge is 0.180 e. The van der Waals surface area contributed by atoms with Crippen molar-refractivity contribution in [1.29, 1.82) is 0 Å². The van der Waals surface area contributed by atoms with Crippen LogP contribution in [-0.2, 0) is 4.79 Å². The van der Waals surface area contributed by atoms with Gasteiger partial charge in [-0.05, 0) is 31.0 Å². The maximum absolute atomic E-state index is 13.5. The highest BCUT2D eigenvalue weighted by Crippen LogP contribution is 2.31. The van der Waals surface area contributed by atoms with Gasteiger partial charge in [-0.3, -0.25) is 4.90 Å². The van der Waals surface area contributed by atoms with Crippen LogP contribution in [0, 0.1) is 11.7 Å². The number of aldehydes is 1. The molecule has 3 heterocycles. The van der Waals surface area contributed by atoms with E-state index < -0.39 is 0 Å². The number of aromatic nitrogens is 1. The maximum Gasteiger partial charge on any atom is 0.180 e. The van der Waals surface area contributed by atoms with Crippen LogP contribution in [0.1, 0.15) is 12.8 Å². The topological polar surface area (TPSA) is 49.6 Å². The molecule has 1 aromatic carbocycles. The van der Waals surface area contributed by atoms with Crippen molar-refractivity contribution < 1.29 is 13.7 Å². The molecule has 0 radical (unpaired) electrons. The van der Waals surface area contributed by atoms with E-state index in [9.17, 15) is 9.18 Å². The Labute approximate surface area is 127 Å². The van der Waals surface area contributed by atoms with E-state index in [1.165, 1.54) is 12.1 Å². The van der Waals surface area contributed by atoms with E-state index in [4.69, 9.17) is 4.52 Å². The number of carbonyl (C=O) groups is 1. The van der Waals surface area contributed by atoms with Crippen molar-refractivity contribution >= 4 is 23.1 Å². The molecule has 0 bridgehead atoms. The predicted molar refractivity (Wildman–Crippen MR) is 80.3 cm³/mol. The Kier molecular flexibility index (Phi) is 3.33. The molecule has 2 saturated heterocycles. The largest absolute Gasteiger partial charge is 0.354 e. The minimum atomic E-state index is -0.276. The van der Waals surface area contributed by atoms with Gasteiger partial charge in [-0.15, -0.1) is 0 Å². The molecular weight excluding hydrogens is 285 g/mol. The molecule has 0 aliphatic carbocycles. The van der Waals surface area contributed by atoms with Crippen LogP contribution in [0.25, 0.3) is 11.0 Å². The number of piperidine rings is 1. The third-order valence-electron chi connectivity index (χ3n) is 4.85. The maximum atomic E-state index is 13.5. The van der Waals surface area contributed by atoms with E-state index >= 15 is 0 Å². The number of piperazine rings is 1. The standard InChI is InChI=1S/C16H18FN3O2/c17-12-2-4-15-14(7-12)16(18-22-15)20-6-5-19-8-11(10-21)1-3-13(19)9-20/h2,4,7,10-11,13H,1,3,5-6,8-9H2/t11-,13+/m1/s1. The van der Waals surface area contributed by atoms with Gasteiger partial charge >= 0.3 is 0 Å². The molecule has 5 nitrogen and oxygen atoms in total. The molecule has 0 saturated carbocycles. The summed E-state index contributed by atoms with van der Waals surface area (Å²) >= 11 is 0. The summed E-state index contributed by atoms with van der Waals surface area (Å²) in [5, 5.41) is 4.87. The molecule has 0 unspecified atom stereocenters.